The lowest BCUT2D eigenvalue weighted by atomic mass is 10.0. The number of hydrogen-bond donors (Lipinski definition) is 2. The van der Waals surface area contributed by atoms with E-state index in [2.05, 4.69) is 31.3 Å². The van der Waals surface area contributed by atoms with Crippen LogP contribution in [0, 0.1) is 0 Å². The van der Waals surface area contributed by atoms with Gasteiger partial charge < -0.3 is 11.1 Å². The fourth-order valence-corrected chi connectivity index (χ4v) is 4.71. The lowest BCUT2D eigenvalue weighted by molar-refractivity contribution is -0.111. The van der Waals surface area contributed by atoms with Gasteiger partial charge in [0.15, 0.2) is 0 Å². The molecule has 1 aromatic carbocycles. The Hall–Kier alpha value is -2.40. The zero-order valence-electron chi connectivity index (χ0n) is 15.9. The van der Waals surface area contributed by atoms with Crippen molar-refractivity contribution in [3.63, 3.8) is 0 Å². The lowest BCUT2D eigenvalue weighted by Crippen LogP contribution is -2.16. The maximum atomic E-state index is 12.4. The van der Waals surface area contributed by atoms with Gasteiger partial charge in [-0.05, 0) is 54.4 Å². The number of aryl methyl sites for hydroxylation is 1. The van der Waals surface area contributed by atoms with Crippen LogP contribution < -0.4 is 11.1 Å². The van der Waals surface area contributed by atoms with E-state index in [1.165, 1.54) is 34.3 Å². The third kappa shape index (κ3) is 4.66. The minimum atomic E-state index is -0.460. The normalized spacial score (nSPS) is 14.2. The highest BCUT2D eigenvalue weighted by molar-refractivity contribution is 7.17. The van der Waals surface area contributed by atoms with Crippen LogP contribution in [0.4, 0.5) is 5.00 Å². The second-order valence-electron chi connectivity index (χ2n) is 7.28. The molecule has 1 aliphatic carbocycles. The summed E-state index contributed by atoms with van der Waals surface area (Å²) in [5, 5.41) is 3.44. The predicted octanol–water partition coefficient (Wildman–Crippen LogP) is 4.89. The van der Waals surface area contributed by atoms with Crippen LogP contribution in [0.3, 0.4) is 0 Å². The minimum absolute atomic E-state index is 0.248. The molecule has 0 aliphatic heterocycles. The zero-order valence-corrected chi connectivity index (χ0v) is 16.7. The molecule has 1 heterocycles. The molecule has 0 radical (unpaired) electrons. The number of anilines is 1. The van der Waals surface area contributed by atoms with E-state index in [1.807, 2.05) is 12.1 Å². The molecule has 0 unspecified atom stereocenters. The summed E-state index contributed by atoms with van der Waals surface area (Å²) in [6.07, 6.45) is 8.43. The third-order valence-corrected chi connectivity index (χ3v) is 6.14. The fourth-order valence-electron chi connectivity index (χ4n) is 3.41. The van der Waals surface area contributed by atoms with Gasteiger partial charge in [0.1, 0.15) is 5.00 Å². The second kappa shape index (κ2) is 8.53. The summed E-state index contributed by atoms with van der Waals surface area (Å²) >= 11 is 1.49. The first-order valence-electron chi connectivity index (χ1n) is 9.49. The summed E-state index contributed by atoms with van der Waals surface area (Å²) in [5.41, 5.74) is 9.38. The molecule has 2 aromatic rings. The standard InChI is InChI=1S/C22H26N2O2S/c1-14(2)16-11-8-15(9-12-16)10-13-19(25)24-22-20(21(23)26)17-6-4-3-5-7-18(17)27-22/h8-14H,3-7H2,1-2H3,(H2,23,26)(H,24,25)/b13-10+. The van der Waals surface area contributed by atoms with E-state index in [0.717, 1.165) is 36.8 Å². The molecule has 1 aliphatic rings. The van der Waals surface area contributed by atoms with Gasteiger partial charge in [-0.3, -0.25) is 9.59 Å². The number of amides is 2. The number of benzene rings is 1. The average molecular weight is 383 g/mol. The van der Waals surface area contributed by atoms with Gasteiger partial charge in [-0.25, -0.2) is 0 Å². The summed E-state index contributed by atoms with van der Waals surface area (Å²) in [4.78, 5) is 25.5. The molecule has 0 atom stereocenters. The van der Waals surface area contributed by atoms with Gasteiger partial charge in [-0.15, -0.1) is 11.3 Å². The van der Waals surface area contributed by atoms with Crippen LogP contribution in [0.15, 0.2) is 30.3 Å². The Balaban J connectivity index is 1.75. The zero-order chi connectivity index (χ0) is 19.4. The van der Waals surface area contributed by atoms with Crippen LogP contribution in [0.25, 0.3) is 6.08 Å². The first-order valence-corrected chi connectivity index (χ1v) is 10.3. The molecule has 0 saturated heterocycles. The summed E-state index contributed by atoms with van der Waals surface area (Å²) in [6, 6.07) is 8.15. The molecule has 0 spiro atoms. The lowest BCUT2D eigenvalue weighted by Gasteiger charge is -2.05. The van der Waals surface area contributed by atoms with Crippen molar-refractivity contribution in [2.75, 3.05) is 5.32 Å². The van der Waals surface area contributed by atoms with Gasteiger partial charge in [-0.2, -0.15) is 0 Å². The van der Waals surface area contributed by atoms with Crippen LogP contribution in [0.1, 0.15) is 71.0 Å². The molecular formula is C22H26N2O2S. The topological polar surface area (TPSA) is 72.2 Å². The second-order valence-corrected chi connectivity index (χ2v) is 8.38. The number of thiophene rings is 1. The quantitative estimate of drug-likeness (QED) is 0.571. The van der Waals surface area contributed by atoms with E-state index < -0.39 is 5.91 Å². The number of carbonyl (C=O) groups excluding carboxylic acids is 2. The van der Waals surface area contributed by atoms with Crippen LogP contribution in [-0.4, -0.2) is 11.8 Å². The van der Waals surface area contributed by atoms with Crippen molar-refractivity contribution in [2.45, 2.75) is 51.9 Å². The third-order valence-electron chi connectivity index (χ3n) is 4.93. The molecule has 4 nitrogen and oxygen atoms in total. The Bertz CT molecular complexity index is 863. The number of hydrogen-bond acceptors (Lipinski definition) is 3. The van der Waals surface area contributed by atoms with Crippen molar-refractivity contribution in [3.8, 4) is 0 Å². The van der Waals surface area contributed by atoms with Crippen molar-refractivity contribution in [2.24, 2.45) is 5.73 Å². The highest BCUT2D eigenvalue weighted by atomic mass is 32.1. The van der Waals surface area contributed by atoms with Crippen LogP contribution in [0.2, 0.25) is 0 Å². The number of fused-ring (bicyclic) bond motifs is 1. The fraction of sp³-hybridized carbons (Fsp3) is 0.364. The van der Waals surface area contributed by atoms with E-state index in [0.29, 0.717) is 16.5 Å². The highest BCUT2D eigenvalue weighted by Crippen LogP contribution is 2.37. The van der Waals surface area contributed by atoms with Gasteiger partial charge in [0, 0.05) is 11.0 Å². The Labute approximate surface area is 164 Å². The van der Waals surface area contributed by atoms with E-state index in [-0.39, 0.29) is 5.91 Å². The van der Waals surface area contributed by atoms with Crippen molar-refractivity contribution in [3.05, 3.63) is 57.5 Å². The van der Waals surface area contributed by atoms with Gasteiger partial charge in [0.2, 0.25) is 5.91 Å². The smallest absolute Gasteiger partial charge is 0.251 e. The average Bonchev–Trinajstić information content (AvgIpc) is 2.81. The molecule has 5 heteroatoms. The molecule has 27 heavy (non-hydrogen) atoms. The molecule has 1 aromatic heterocycles. The first-order chi connectivity index (χ1) is 13.0. The Morgan fingerprint density at radius 3 is 2.48 bits per heavy atom. The maximum absolute atomic E-state index is 12.4. The Morgan fingerprint density at radius 2 is 1.81 bits per heavy atom. The molecule has 3 N–H and O–H groups in total. The number of nitrogens with two attached hydrogens (primary N) is 1. The Kier molecular flexibility index (Phi) is 6.11. The summed E-state index contributed by atoms with van der Waals surface area (Å²) in [7, 11) is 0. The van der Waals surface area contributed by atoms with Gasteiger partial charge in [0.05, 0.1) is 5.56 Å². The number of carbonyl (C=O) groups is 2. The van der Waals surface area contributed by atoms with Gasteiger partial charge in [-0.1, -0.05) is 44.5 Å². The Morgan fingerprint density at radius 1 is 1.11 bits per heavy atom. The van der Waals surface area contributed by atoms with Crippen molar-refractivity contribution >= 4 is 34.2 Å². The van der Waals surface area contributed by atoms with Crippen LogP contribution in [-0.2, 0) is 17.6 Å². The molecular weight excluding hydrogens is 356 g/mol. The summed E-state index contributed by atoms with van der Waals surface area (Å²) < 4.78 is 0. The molecule has 3 rings (SSSR count). The predicted molar refractivity (Wildman–Crippen MR) is 112 cm³/mol. The summed E-state index contributed by atoms with van der Waals surface area (Å²) in [6.45, 7) is 4.30. The van der Waals surface area contributed by atoms with Crippen molar-refractivity contribution in [1.29, 1.82) is 0 Å². The van der Waals surface area contributed by atoms with Crippen molar-refractivity contribution in [1.82, 2.24) is 0 Å². The first kappa shape index (κ1) is 19.4. The van der Waals surface area contributed by atoms with Gasteiger partial charge in [0.25, 0.3) is 5.91 Å². The largest absolute Gasteiger partial charge is 0.365 e. The molecule has 0 fully saturated rings. The molecule has 142 valence electrons. The van der Waals surface area contributed by atoms with E-state index in [4.69, 9.17) is 5.73 Å². The molecule has 2 amide bonds. The molecule has 0 saturated carbocycles. The maximum Gasteiger partial charge on any atom is 0.251 e. The van der Waals surface area contributed by atoms with E-state index in [9.17, 15) is 9.59 Å². The van der Waals surface area contributed by atoms with Gasteiger partial charge >= 0.3 is 0 Å². The monoisotopic (exact) mass is 382 g/mol. The summed E-state index contributed by atoms with van der Waals surface area (Å²) in [5.74, 6) is -0.229. The van der Waals surface area contributed by atoms with E-state index in [1.54, 1.807) is 6.08 Å². The minimum Gasteiger partial charge on any atom is -0.365 e. The van der Waals surface area contributed by atoms with Crippen LogP contribution in [0.5, 0.6) is 0 Å². The van der Waals surface area contributed by atoms with Crippen molar-refractivity contribution < 1.29 is 9.59 Å². The number of primary amides is 1. The van der Waals surface area contributed by atoms with Crippen LogP contribution >= 0.6 is 11.3 Å². The molecule has 0 bridgehead atoms. The van der Waals surface area contributed by atoms with E-state index >= 15 is 0 Å². The number of nitrogens with one attached hydrogen (secondary N) is 1. The number of rotatable bonds is 5. The highest BCUT2D eigenvalue weighted by Gasteiger charge is 2.23. The SMILES string of the molecule is CC(C)c1ccc(/C=C/C(=O)Nc2sc3c(c2C(N)=O)CCCCC3)cc1.